The van der Waals surface area contributed by atoms with Gasteiger partial charge >= 0.3 is 24.3 Å². The summed E-state index contributed by atoms with van der Waals surface area (Å²) in [5.74, 6) is 22.8. The van der Waals surface area contributed by atoms with E-state index in [0.29, 0.717) is 11.1 Å². The summed E-state index contributed by atoms with van der Waals surface area (Å²) in [4.78, 5) is 16.1. The van der Waals surface area contributed by atoms with Crippen LogP contribution < -0.4 is 0 Å². The van der Waals surface area contributed by atoms with Crippen LogP contribution >= 0.6 is 0 Å². The Hall–Kier alpha value is -13.2. The Balaban J connectivity index is 0.000000153. The van der Waals surface area contributed by atoms with Crippen molar-refractivity contribution in [3.63, 3.8) is 0 Å². The quantitative estimate of drug-likeness (QED) is 0.115. The molecule has 12 aromatic rings. The van der Waals surface area contributed by atoms with Gasteiger partial charge in [-0.2, -0.15) is 0 Å². The molecular weight excluding hydrogens is 1410 g/mol. The topological polar surface area (TPSA) is 17.4 Å². The van der Waals surface area contributed by atoms with Crippen molar-refractivity contribution < 1.29 is 12.3 Å². The lowest BCUT2D eigenvalue weighted by atomic mass is 9.82. The maximum atomic E-state index is 9.25. The fourth-order valence-electron chi connectivity index (χ4n) is 15.9. The molecule has 0 N–H and O–H groups in total. The monoisotopic (exact) mass is 1530 g/mol. The third-order valence-electron chi connectivity index (χ3n) is 21.2. The summed E-state index contributed by atoms with van der Waals surface area (Å²) in [6.45, 7) is 4.72. The molecule has 117 heavy (non-hydrogen) atoms. The zero-order chi connectivity index (χ0) is 89.4. The van der Waals surface area contributed by atoms with Gasteiger partial charge in [0.05, 0.1) is 0 Å². The van der Waals surface area contributed by atoms with Crippen LogP contribution in [0.25, 0.3) is 108 Å². The summed E-state index contributed by atoms with van der Waals surface area (Å²) in [6, 6.07) is 98.2. The van der Waals surface area contributed by atoms with Gasteiger partial charge in [-0.15, -0.1) is 23.7 Å². The first-order valence-electron chi connectivity index (χ1n) is 45.4. The van der Waals surface area contributed by atoms with Crippen LogP contribution in [0.3, 0.4) is 0 Å². The van der Waals surface area contributed by atoms with Gasteiger partial charge in [0.25, 0.3) is 28.2 Å². The zero-order valence-electron chi connectivity index (χ0n) is 78.1. The summed E-state index contributed by atoms with van der Waals surface area (Å²) in [6.07, 6.45) is 16.0. The molecule has 0 heterocycles. The second-order valence-corrected chi connectivity index (χ2v) is 29.9. The molecule has 0 atom stereocenters. The van der Waals surface area contributed by atoms with Gasteiger partial charge < -0.3 is 0 Å². The van der Waals surface area contributed by atoms with Crippen LogP contribution in [0, 0.1) is 92.3 Å². The largest absolute Gasteiger partial charge is 0.310 e. The maximum Gasteiger partial charge on any atom is 0.310 e. The molecule has 0 spiro atoms. The molecule has 4 heteroatoms. The van der Waals surface area contributed by atoms with Gasteiger partial charge in [-0.25, -0.2) is 0 Å². The highest BCUT2D eigenvalue weighted by atomic mass is 14.6. The highest BCUT2D eigenvalue weighted by molar-refractivity contribution is 5.80. The molecule has 12 aromatic carbocycles. The Labute approximate surface area is 711 Å². The number of hydrogen-bond acceptors (Lipinski definition) is 0. The van der Waals surface area contributed by atoms with Gasteiger partial charge in [-0.05, 0) is 348 Å². The lowest BCUT2D eigenvalue weighted by Crippen LogP contribution is -2.05. The van der Waals surface area contributed by atoms with Gasteiger partial charge in [-0.1, -0.05) is 234 Å². The molecule has 4 nitrogen and oxygen atoms in total. The molecule has 0 radical (unpaired) electrons. The van der Waals surface area contributed by atoms with Gasteiger partial charge in [0.2, 0.25) is 0 Å². The Morgan fingerprint density at radius 2 is 0.470 bits per heavy atom. The van der Waals surface area contributed by atoms with Crippen molar-refractivity contribution in [2.24, 2.45) is 0 Å². The van der Waals surface area contributed by atoms with Crippen molar-refractivity contribution in [3.8, 4) is 161 Å². The molecular formula is C113H108N4+4. The van der Waals surface area contributed by atoms with E-state index in [-0.39, 0.29) is 11.1 Å². The molecule has 0 unspecified atom stereocenters. The molecule has 0 saturated heterocycles. The van der Waals surface area contributed by atoms with Crippen molar-refractivity contribution in [2.75, 3.05) is 28.2 Å². The molecule has 3 aliphatic rings. The number of aryl methyl sites for hydroxylation is 3. The predicted octanol–water partition coefficient (Wildman–Crippen LogP) is 29.9. The summed E-state index contributed by atoms with van der Waals surface area (Å²) >= 11 is 0. The van der Waals surface area contributed by atoms with Gasteiger partial charge in [-0.3, -0.25) is 0 Å². The fraction of sp³-hybridized carbons (Fsp3) is 0.257. The average molecular weight is 1530 g/mol. The number of benzene rings is 12. The highest BCUT2D eigenvalue weighted by Gasteiger charge is 2.22. The van der Waals surface area contributed by atoms with Crippen molar-refractivity contribution in [2.45, 2.75) is 162 Å². The minimum atomic E-state index is -2.27. The lowest BCUT2D eigenvalue weighted by Gasteiger charge is -2.23. The Bertz CT molecular complexity index is 6170. The van der Waals surface area contributed by atoms with Crippen LogP contribution in [0.5, 0.6) is 0 Å². The lowest BCUT2D eigenvalue weighted by molar-refractivity contribution is 0.443. The van der Waals surface area contributed by atoms with E-state index in [1.807, 2.05) is 94.4 Å². The number of nitrogens with zero attached hydrogens (tertiary/aromatic N) is 4. The van der Waals surface area contributed by atoms with E-state index >= 15 is 0 Å². The Morgan fingerprint density at radius 1 is 0.239 bits per heavy atom. The Morgan fingerprint density at radius 3 is 0.846 bits per heavy atom. The molecule has 0 amide bonds. The highest BCUT2D eigenvalue weighted by Crippen LogP contribution is 2.42. The average Bonchev–Trinajstić information content (AvgIpc) is 0.522. The van der Waals surface area contributed by atoms with Crippen molar-refractivity contribution in [3.05, 3.63) is 352 Å². The van der Waals surface area contributed by atoms with Crippen LogP contribution in [-0.4, -0.2) is 28.2 Å². The first-order chi connectivity index (χ1) is 60.7. The third-order valence-corrected chi connectivity index (χ3v) is 21.2. The third kappa shape index (κ3) is 23.5. The molecule has 3 fully saturated rings. The van der Waals surface area contributed by atoms with Crippen molar-refractivity contribution in [1.82, 2.24) is 0 Å². The fourth-order valence-corrected chi connectivity index (χ4v) is 15.9. The van der Waals surface area contributed by atoms with Gasteiger partial charge in [0, 0.05) is 34.6 Å². The summed E-state index contributed by atoms with van der Waals surface area (Å²) < 4.78 is 74.5. The van der Waals surface area contributed by atoms with Gasteiger partial charge in [0.15, 0.2) is 0 Å². The molecule has 0 bridgehead atoms. The minimum absolute atomic E-state index is 0.208. The van der Waals surface area contributed by atoms with E-state index in [0.717, 1.165) is 222 Å². The minimum Gasteiger partial charge on any atom is -0.101 e. The van der Waals surface area contributed by atoms with E-state index in [9.17, 15) is 1.37 Å². The molecule has 15 rings (SSSR count). The maximum absolute atomic E-state index is 9.25. The summed E-state index contributed by atoms with van der Waals surface area (Å²) in [5.41, 5.74) is 28.6. The first-order valence-corrected chi connectivity index (χ1v) is 40.9. The van der Waals surface area contributed by atoms with E-state index in [1.165, 1.54) is 19.3 Å². The predicted molar refractivity (Wildman–Crippen MR) is 500 cm³/mol. The summed E-state index contributed by atoms with van der Waals surface area (Å²) in [5, 5.41) is 0. The first kappa shape index (κ1) is 71.6. The zero-order valence-corrected chi connectivity index (χ0v) is 69.1. The molecule has 0 aliphatic heterocycles. The SMILES string of the molecule is [2H]C([2H])([2H])c1cc(C#CC)cc(-c2cc(C)cc(-c3cc(C#[N+]C)cc(C([2H])([2H])[2H])c3)c2)c1.[2H]C1(c2cc(-c3cccc(C#CC)c3)cc(-c3cccc(C#[N+]C)c3)c2)CCCCC1.[2H]C1(c2cc(C#CC)cc(-c3cccc(-c4cccc(C#[N+]C)c4)c3)c2)CCCCC1.[2H]C1(c2cc(C#[N+]C)cc(-c3cccc(-c4cccc(C#CC)c4)c3)c2)CCCCC1. The molecule has 0 aromatic heterocycles. The van der Waals surface area contributed by atoms with Crippen LogP contribution in [0.1, 0.15) is 232 Å². The van der Waals surface area contributed by atoms with Crippen LogP contribution in [0.2, 0.25) is 0 Å². The smallest absolute Gasteiger partial charge is 0.101 e. The second kappa shape index (κ2) is 42.3. The van der Waals surface area contributed by atoms with E-state index in [2.05, 4.69) is 255 Å². The van der Waals surface area contributed by atoms with Crippen molar-refractivity contribution in [1.29, 1.82) is 0 Å². The molecule has 3 saturated carbocycles. The van der Waals surface area contributed by atoms with E-state index < -0.39 is 31.4 Å². The van der Waals surface area contributed by atoms with Gasteiger partial charge in [0.1, 0.15) is 22.3 Å². The van der Waals surface area contributed by atoms with Crippen LogP contribution in [0.4, 0.5) is 0 Å². The van der Waals surface area contributed by atoms with Crippen LogP contribution in [0.15, 0.2) is 255 Å². The molecule has 576 valence electrons. The van der Waals surface area contributed by atoms with Crippen molar-refractivity contribution >= 4 is 0 Å². The Kier molecular flexibility index (Phi) is 25.9. The van der Waals surface area contributed by atoms with E-state index in [4.69, 9.17) is 11.0 Å². The second-order valence-electron chi connectivity index (χ2n) is 29.9. The number of rotatable bonds is 11. The summed E-state index contributed by atoms with van der Waals surface area (Å²) in [7, 11) is 6.81. The number of hydrogen-bond donors (Lipinski definition) is 0. The van der Waals surface area contributed by atoms with Crippen LogP contribution in [-0.2, 0) is 0 Å². The van der Waals surface area contributed by atoms with E-state index in [1.54, 1.807) is 59.4 Å². The standard InChI is InChI=1S/3C29H28N.C26H24N/c1-3-9-22-10-7-14-25(16-22)28-18-27(24-12-5-4-6-13-24)19-29(20-28)26-15-8-11-23(17-26)21-30-2;1-3-9-22-16-28(24-11-5-4-6-12-24)20-29(17-22)27-15-8-14-26(19-27)25-13-7-10-23(18-25)21-30-2;1-3-9-22-10-7-13-25(16-22)26-14-8-15-27(19-26)29-18-23(21-30-2)17-28(20-29)24-11-5-4-6-12-24;1-6-7-21-8-18(2)10-23(14-21)25-12-20(4)13-26(16-25)24-11-19(3)9-22(15-24)17-27-5/h7-8,10-11,14-20,24H,4-6,12-13H2,1-2H3;2*7-8,10,13-20,24H,4-6,11-12H2,1-2H3;8-16H,1-5H3/q4*+1/i3*24D;2D3,3D3. The molecule has 3 aliphatic carbocycles. The normalized spacial score (nSPS) is 14.9.